The van der Waals surface area contributed by atoms with Gasteiger partial charge in [-0.2, -0.15) is 5.26 Å². The second kappa shape index (κ2) is 4.40. The van der Waals surface area contributed by atoms with Crippen LogP contribution in [0.5, 0.6) is 5.75 Å². The fourth-order valence-electron chi connectivity index (χ4n) is 1.32. The first-order valence-corrected chi connectivity index (χ1v) is 4.28. The van der Waals surface area contributed by atoms with Crippen LogP contribution in [-0.4, -0.2) is 17.8 Å². The van der Waals surface area contributed by atoms with Crippen molar-refractivity contribution >= 4 is 11.5 Å². The number of nitro groups is 1. The molecule has 0 fully saturated rings. The van der Waals surface area contributed by atoms with Crippen LogP contribution in [0.1, 0.15) is 22.8 Å². The molecule has 0 atom stereocenters. The molecule has 82 valence electrons. The van der Waals surface area contributed by atoms with E-state index in [0.29, 0.717) is 0 Å². The van der Waals surface area contributed by atoms with Gasteiger partial charge in [0.25, 0.3) is 5.69 Å². The van der Waals surface area contributed by atoms with E-state index in [1.807, 2.05) is 0 Å². The van der Waals surface area contributed by atoms with Crippen LogP contribution in [0.4, 0.5) is 5.69 Å². The number of ether oxygens (including phenoxy) is 1. The van der Waals surface area contributed by atoms with Gasteiger partial charge in [-0.3, -0.25) is 14.9 Å². The predicted octanol–water partition coefficient (Wildman–Crippen LogP) is 1.68. The number of rotatable bonds is 3. The highest BCUT2D eigenvalue weighted by Crippen LogP contribution is 2.28. The lowest BCUT2D eigenvalue weighted by Crippen LogP contribution is -2.04. The van der Waals surface area contributed by atoms with Crippen LogP contribution >= 0.6 is 0 Å². The maximum absolute atomic E-state index is 11.3. The number of hydrogen-bond acceptors (Lipinski definition) is 5. The summed E-state index contributed by atoms with van der Waals surface area (Å²) in [5, 5.41) is 19.6. The van der Waals surface area contributed by atoms with Gasteiger partial charge in [0.2, 0.25) is 0 Å². The van der Waals surface area contributed by atoms with Crippen molar-refractivity contribution < 1.29 is 14.5 Å². The fraction of sp³-hybridized carbons (Fsp3) is 0.200. The minimum atomic E-state index is -0.708. The van der Waals surface area contributed by atoms with Gasteiger partial charge in [0.05, 0.1) is 23.7 Å². The molecule has 0 spiro atoms. The lowest BCUT2D eigenvalue weighted by Gasteiger charge is -2.04. The Morgan fingerprint density at radius 2 is 2.19 bits per heavy atom. The summed E-state index contributed by atoms with van der Waals surface area (Å²) in [5.74, 6) is -0.348. The van der Waals surface area contributed by atoms with Gasteiger partial charge < -0.3 is 4.74 Å². The first-order valence-electron chi connectivity index (χ1n) is 4.28. The molecule has 0 aliphatic rings. The Hall–Kier alpha value is -2.42. The summed E-state index contributed by atoms with van der Waals surface area (Å²) >= 11 is 0. The lowest BCUT2D eigenvalue weighted by molar-refractivity contribution is -0.385. The molecule has 0 saturated carbocycles. The van der Waals surface area contributed by atoms with Crippen molar-refractivity contribution in [3.63, 3.8) is 0 Å². The Bertz CT molecular complexity index is 502. The van der Waals surface area contributed by atoms with E-state index in [9.17, 15) is 14.9 Å². The largest absolute Gasteiger partial charge is 0.496 e. The van der Waals surface area contributed by atoms with E-state index in [-0.39, 0.29) is 16.9 Å². The summed E-state index contributed by atoms with van der Waals surface area (Å²) in [6.07, 6.45) is 0. The summed E-state index contributed by atoms with van der Waals surface area (Å²) in [4.78, 5) is 21.3. The van der Waals surface area contributed by atoms with Crippen LogP contribution < -0.4 is 4.74 Å². The summed E-state index contributed by atoms with van der Waals surface area (Å²) in [7, 11) is 1.33. The van der Waals surface area contributed by atoms with Crippen LogP contribution in [0.2, 0.25) is 0 Å². The number of nitrogens with zero attached hydrogens (tertiary/aromatic N) is 2. The molecule has 1 aromatic rings. The Balaban J connectivity index is 3.62. The molecule has 0 aliphatic carbocycles. The molecule has 0 bridgehead atoms. The van der Waals surface area contributed by atoms with Crippen LogP contribution in [0.3, 0.4) is 0 Å². The average molecular weight is 220 g/mol. The second-order valence-corrected chi connectivity index (χ2v) is 2.99. The van der Waals surface area contributed by atoms with Gasteiger partial charge in [0.1, 0.15) is 17.4 Å². The maximum Gasteiger partial charge on any atom is 0.285 e. The molecule has 6 heteroatoms. The maximum atomic E-state index is 11.3. The van der Waals surface area contributed by atoms with E-state index < -0.39 is 16.4 Å². The second-order valence-electron chi connectivity index (χ2n) is 2.99. The molecule has 0 heterocycles. The van der Waals surface area contributed by atoms with Gasteiger partial charge >= 0.3 is 0 Å². The molecule has 0 aromatic heterocycles. The minimum Gasteiger partial charge on any atom is -0.496 e. The third kappa shape index (κ3) is 1.98. The predicted molar refractivity (Wildman–Crippen MR) is 54.4 cm³/mol. The molecule has 6 nitrogen and oxygen atoms in total. The molecule has 0 unspecified atom stereocenters. The number of methoxy groups -OCH3 is 1. The molecule has 0 radical (unpaired) electrons. The zero-order valence-electron chi connectivity index (χ0n) is 8.68. The first-order chi connectivity index (χ1) is 7.51. The molecular formula is C10H8N2O4. The van der Waals surface area contributed by atoms with E-state index in [4.69, 9.17) is 10.00 Å². The Morgan fingerprint density at radius 3 is 2.56 bits per heavy atom. The Kier molecular flexibility index (Phi) is 3.20. The quantitative estimate of drug-likeness (QED) is 0.438. The number of benzene rings is 1. The monoisotopic (exact) mass is 220 g/mol. The Labute approximate surface area is 91.2 Å². The van der Waals surface area contributed by atoms with Crippen molar-refractivity contribution in [2.75, 3.05) is 7.11 Å². The number of Topliss-reactive ketones (excluding diaryl/α,β-unsaturated/α-hetero) is 1. The number of ketones is 1. The molecular weight excluding hydrogens is 212 g/mol. The van der Waals surface area contributed by atoms with E-state index in [2.05, 4.69) is 0 Å². The lowest BCUT2D eigenvalue weighted by atomic mass is 10.0. The van der Waals surface area contributed by atoms with Gasteiger partial charge in [-0.05, 0) is 13.0 Å². The van der Waals surface area contributed by atoms with E-state index in [1.54, 1.807) is 6.07 Å². The summed E-state index contributed by atoms with van der Waals surface area (Å²) in [6, 6.07) is 4.16. The normalized spacial score (nSPS) is 9.31. The molecule has 0 aliphatic heterocycles. The van der Waals surface area contributed by atoms with Crippen LogP contribution in [0.15, 0.2) is 12.1 Å². The van der Waals surface area contributed by atoms with Crippen molar-refractivity contribution in [2.24, 2.45) is 0 Å². The number of nitro benzene ring substituents is 1. The smallest absolute Gasteiger partial charge is 0.285 e. The number of hydrogen-bond donors (Lipinski definition) is 0. The van der Waals surface area contributed by atoms with Crippen molar-refractivity contribution in [3.05, 3.63) is 33.4 Å². The van der Waals surface area contributed by atoms with Crippen molar-refractivity contribution in [3.8, 4) is 11.8 Å². The molecule has 0 N–H and O–H groups in total. The third-order valence-electron chi connectivity index (χ3n) is 2.00. The average Bonchev–Trinajstić information content (AvgIpc) is 2.26. The highest BCUT2D eigenvalue weighted by atomic mass is 16.6. The van der Waals surface area contributed by atoms with Crippen molar-refractivity contribution in [1.82, 2.24) is 0 Å². The van der Waals surface area contributed by atoms with Crippen LogP contribution in [-0.2, 0) is 0 Å². The highest BCUT2D eigenvalue weighted by Gasteiger charge is 2.23. The van der Waals surface area contributed by atoms with Crippen molar-refractivity contribution in [2.45, 2.75) is 6.92 Å². The molecule has 16 heavy (non-hydrogen) atoms. The Morgan fingerprint density at radius 1 is 1.56 bits per heavy atom. The minimum absolute atomic E-state index is 0.0569. The van der Waals surface area contributed by atoms with E-state index in [0.717, 1.165) is 6.07 Å². The molecule has 0 saturated heterocycles. The van der Waals surface area contributed by atoms with Crippen LogP contribution in [0.25, 0.3) is 0 Å². The van der Waals surface area contributed by atoms with Gasteiger partial charge in [-0.15, -0.1) is 0 Å². The van der Waals surface area contributed by atoms with Gasteiger partial charge in [0.15, 0.2) is 5.78 Å². The first kappa shape index (κ1) is 11.7. The topological polar surface area (TPSA) is 93.2 Å². The highest BCUT2D eigenvalue weighted by molar-refractivity contribution is 6.00. The SMILES string of the molecule is COc1cc(C#N)c(C(C)=O)c([N+](=O)[O-])c1. The van der Waals surface area contributed by atoms with Gasteiger partial charge in [0, 0.05) is 0 Å². The summed E-state index contributed by atoms with van der Waals surface area (Å²) in [5.41, 5.74) is -0.657. The van der Waals surface area contributed by atoms with E-state index >= 15 is 0 Å². The summed E-state index contributed by atoms with van der Waals surface area (Å²) in [6.45, 7) is 1.18. The molecule has 1 rings (SSSR count). The number of carbonyl (C=O) groups excluding carboxylic acids is 1. The molecule has 0 amide bonds. The van der Waals surface area contributed by atoms with Crippen LogP contribution in [0, 0.1) is 21.4 Å². The zero-order chi connectivity index (χ0) is 12.3. The molecule has 1 aromatic carbocycles. The van der Waals surface area contributed by atoms with Gasteiger partial charge in [-0.1, -0.05) is 0 Å². The third-order valence-corrected chi connectivity index (χ3v) is 2.00. The standard InChI is InChI=1S/C10H8N2O4/c1-6(13)10-7(5-11)3-8(16-2)4-9(10)12(14)15/h3-4H,1-2H3. The number of nitriles is 1. The van der Waals surface area contributed by atoms with Gasteiger partial charge in [-0.25, -0.2) is 0 Å². The van der Waals surface area contributed by atoms with Crippen molar-refractivity contribution in [1.29, 1.82) is 5.26 Å². The summed E-state index contributed by atoms with van der Waals surface area (Å²) < 4.78 is 4.82. The zero-order valence-corrected chi connectivity index (χ0v) is 8.68. The van der Waals surface area contributed by atoms with E-state index in [1.165, 1.54) is 20.1 Å². The number of carbonyl (C=O) groups is 1. The fourth-order valence-corrected chi connectivity index (χ4v) is 1.32.